The van der Waals surface area contributed by atoms with Gasteiger partial charge in [0.15, 0.2) is 0 Å². The highest BCUT2D eigenvalue weighted by Gasteiger charge is 2.32. The van der Waals surface area contributed by atoms with Crippen LogP contribution in [0.3, 0.4) is 0 Å². The molecule has 0 spiro atoms. The van der Waals surface area contributed by atoms with Crippen molar-refractivity contribution < 1.29 is 14.3 Å². The van der Waals surface area contributed by atoms with E-state index >= 15 is 0 Å². The predicted octanol–water partition coefficient (Wildman–Crippen LogP) is 3.19. The topological polar surface area (TPSA) is 114 Å². The summed E-state index contributed by atoms with van der Waals surface area (Å²) in [5.74, 6) is 0.295. The van der Waals surface area contributed by atoms with E-state index in [1.165, 1.54) is 16.7 Å². The molecule has 1 saturated heterocycles. The van der Waals surface area contributed by atoms with Crippen molar-refractivity contribution in [2.24, 2.45) is 0 Å². The first-order valence-corrected chi connectivity index (χ1v) is 11.7. The number of nitrogens with one attached hydrogen (secondary N) is 2. The van der Waals surface area contributed by atoms with E-state index in [9.17, 15) is 19.2 Å². The zero-order valence-electron chi connectivity index (χ0n) is 17.3. The Balaban J connectivity index is 1.26. The van der Waals surface area contributed by atoms with Crippen molar-refractivity contribution in [3.8, 4) is 0 Å². The number of benzene rings is 2. The van der Waals surface area contributed by atoms with Crippen molar-refractivity contribution in [3.05, 3.63) is 62.3 Å². The summed E-state index contributed by atoms with van der Waals surface area (Å²) in [7, 11) is 0. The Morgan fingerprint density at radius 3 is 2.85 bits per heavy atom. The number of ether oxygens (including phenoxy) is 1. The Morgan fingerprint density at radius 2 is 2.00 bits per heavy atom. The van der Waals surface area contributed by atoms with Gasteiger partial charge < -0.3 is 15.0 Å². The number of fused-ring (bicyclic) bond motifs is 2. The van der Waals surface area contributed by atoms with Crippen LogP contribution in [0.25, 0.3) is 10.9 Å². The second kappa shape index (κ2) is 8.60. The van der Waals surface area contributed by atoms with Gasteiger partial charge in [0.25, 0.3) is 5.56 Å². The van der Waals surface area contributed by atoms with Gasteiger partial charge in [0.1, 0.15) is 6.10 Å². The highest BCUT2D eigenvalue weighted by Crippen LogP contribution is 2.35. The van der Waals surface area contributed by atoms with Gasteiger partial charge in [-0.2, -0.15) is 0 Å². The van der Waals surface area contributed by atoms with Crippen molar-refractivity contribution in [3.63, 3.8) is 0 Å². The summed E-state index contributed by atoms with van der Waals surface area (Å²) >= 11 is 7.53. The largest absolute Gasteiger partial charge is 0.444 e. The van der Waals surface area contributed by atoms with E-state index in [4.69, 9.17) is 16.3 Å². The molecule has 1 unspecified atom stereocenters. The van der Waals surface area contributed by atoms with Crippen LogP contribution in [0.1, 0.15) is 12.8 Å². The van der Waals surface area contributed by atoms with Crippen molar-refractivity contribution in [2.45, 2.75) is 30.4 Å². The number of aromatic amines is 1. The maximum absolute atomic E-state index is 12.7. The number of H-pyrrole nitrogens is 1. The number of cyclic esters (lactones) is 1. The number of thioether (sulfide) groups is 1. The maximum Gasteiger partial charge on any atom is 0.414 e. The summed E-state index contributed by atoms with van der Waals surface area (Å²) in [6, 6.07) is 10.4. The average Bonchev–Trinajstić information content (AvgIpc) is 3.16. The first kappa shape index (κ1) is 21.6. The molecule has 1 atom stereocenters. The van der Waals surface area contributed by atoms with E-state index in [0.717, 1.165) is 9.46 Å². The number of hydrogen-bond donors (Lipinski definition) is 2. The summed E-state index contributed by atoms with van der Waals surface area (Å²) in [5, 5.41) is 3.47. The lowest BCUT2D eigenvalue weighted by molar-refractivity contribution is -0.113. The number of carbonyl (C=O) groups excluding carboxylic acids is 2. The SMILES string of the molecule is O=C1CSc2ccc(N3CC(CCCn4c(=O)[nH]c5c(Cl)cccc5c4=O)OC3=O)cc2N1. The fourth-order valence-electron chi connectivity index (χ4n) is 4.04. The van der Waals surface area contributed by atoms with Crippen molar-refractivity contribution in [2.75, 3.05) is 22.5 Å². The van der Waals surface area contributed by atoms with Gasteiger partial charge in [0.05, 0.1) is 33.9 Å². The Hall–Kier alpha value is -3.24. The molecule has 0 radical (unpaired) electrons. The molecule has 2 amide bonds. The van der Waals surface area contributed by atoms with Gasteiger partial charge in [0, 0.05) is 17.1 Å². The van der Waals surface area contributed by atoms with E-state index in [1.807, 2.05) is 12.1 Å². The molecule has 1 fully saturated rings. The summed E-state index contributed by atoms with van der Waals surface area (Å²) in [6.07, 6.45) is 0.115. The second-order valence-corrected chi connectivity index (χ2v) is 9.25. The van der Waals surface area contributed by atoms with E-state index in [1.54, 1.807) is 24.3 Å². The standard InChI is InChI=1S/C22H19ClN4O5S/c23-15-5-1-4-14-19(15)25-21(30)26(20(14)29)8-2-3-13-10-27(22(31)32-13)12-6-7-17-16(9-12)24-18(28)11-33-17/h1,4-7,9,13H,2-3,8,10-11H2,(H,24,28)(H,25,30). The van der Waals surface area contributed by atoms with E-state index in [-0.39, 0.29) is 18.6 Å². The van der Waals surface area contributed by atoms with Crippen molar-refractivity contribution in [1.82, 2.24) is 9.55 Å². The number of amides is 2. The molecule has 2 N–H and O–H groups in total. The minimum Gasteiger partial charge on any atom is -0.444 e. The first-order valence-electron chi connectivity index (χ1n) is 10.4. The number of nitrogens with zero attached hydrogens (tertiary/aromatic N) is 2. The summed E-state index contributed by atoms with van der Waals surface area (Å²) in [5.41, 5.74) is 0.712. The van der Waals surface area contributed by atoms with Gasteiger partial charge in [-0.25, -0.2) is 9.59 Å². The first-order chi connectivity index (χ1) is 15.9. The van der Waals surface area contributed by atoms with Gasteiger partial charge in [-0.05, 0) is 43.2 Å². The minimum atomic E-state index is -0.528. The molecule has 11 heteroatoms. The second-order valence-electron chi connectivity index (χ2n) is 7.83. The molecule has 1 aromatic heterocycles. The molecule has 0 aliphatic carbocycles. The minimum absolute atomic E-state index is 0.0762. The number of halogens is 1. The fraction of sp³-hybridized carbons (Fsp3) is 0.273. The van der Waals surface area contributed by atoms with Crippen LogP contribution in [0.15, 0.2) is 50.9 Å². The lowest BCUT2D eigenvalue weighted by Gasteiger charge is -2.20. The number of carbonyl (C=O) groups is 2. The number of rotatable bonds is 5. The molecule has 2 aromatic carbocycles. The molecule has 0 bridgehead atoms. The molecular formula is C22H19ClN4O5S. The molecule has 5 rings (SSSR count). The summed E-state index contributed by atoms with van der Waals surface area (Å²) < 4.78 is 6.62. The van der Waals surface area contributed by atoms with Crippen LogP contribution in [0, 0.1) is 0 Å². The van der Waals surface area contributed by atoms with Gasteiger partial charge in [-0.1, -0.05) is 17.7 Å². The fourth-order valence-corrected chi connectivity index (χ4v) is 5.05. The van der Waals surface area contributed by atoms with Gasteiger partial charge >= 0.3 is 11.8 Å². The van der Waals surface area contributed by atoms with Crippen LogP contribution < -0.4 is 21.5 Å². The van der Waals surface area contributed by atoms with Gasteiger partial charge in [0.2, 0.25) is 5.91 Å². The zero-order valence-corrected chi connectivity index (χ0v) is 18.9. The van der Waals surface area contributed by atoms with E-state index < -0.39 is 17.3 Å². The predicted molar refractivity (Wildman–Crippen MR) is 126 cm³/mol. The van der Waals surface area contributed by atoms with E-state index in [0.29, 0.717) is 52.4 Å². The maximum atomic E-state index is 12.7. The Morgan fingerprint density at radius 1 is 1.15 bits per heavy atom. The van der Waals surface area contributed by atoms with Gasteiger partial charge in [-0.3, -0.25) is 19.1 Å². The number of hydrogen-bond acceptors (Lipinski definition) is 6. The molecule has 170 valence electrons. The third-order valence-electron chi connectivity index (χ3n) is 5.66. The Bertz CT molecular complexity index is 1400. The highest BCUT2D eigenvalue weighted by atomic mass is 35.5. The zero-order chi connectivity index (χ0) is 23.1. The van der Waals surface area contributed by atoms with Crippen LogP contribution in [0.2, 0.25) is 5.02 Å². The van der Waals surface area contributed by atoms with Crippen LogP contribution in [0.4, 0.5) is 16.2 Å². The molecule has 33 heavy (non-hydrogen) atoms. The highest BCUT2D eigenvalue weighted by molar-refractivity contribution is 8.00. The summed E-state index contributed by atoms with van der Waals surface area (Å²) in [6.45, 7) is 0.532. The quantitative estimate of drug-likeness (QED) is 0.572. The lowest BCUT2D eigenvalue weighted by atomic mass is 10.2. The Kier molecular flexibility index (Phi) is 5.63. The third-order valence-corrected chi connectivity index (χ3v) is 7.04. The molecule has 0 saturated carbocycles. The van der Waals surface area contributed by atoms with Crippen molar-refractivity contribution >= 4 is 57.6 Å². The van der Waals surface area contributed by atoms with E-state index in [2.05, 4.69) is 10.3 Å². The third kappa shape index (κ3) is 4.11. The van der Waals surface area contributed by atoms with Crippen molar-refractivity contribution in [1.29, 1.82) is 0 Å². The van der Waals surface area contributed by atoms with Crippen LogP contribution >= 0.6 is 23.4 Å². The summed E-state index contributed by atoms with van der Waals surface area (Å²) in [4.78, 5) is 54.3. The average molecular weight is 487 g/mol. The molecule has 2 aliphatic rings. The number of anilines is 2. The lowest BCUT2D eigenvalue weighted by Crippen LogP contribution is -2.35. The van der Waals surface area contributed by atoms with Crippen LogP contribution in [-0.4, -0.2) is 40.0 Å². The molecule has 3 heterocycles. The number of aromatic nitrogens is 2. The van der Waals surface area contributed by atoms with Crippen LogP contribution in [0.5, 0.6) is 0 Å². The Labute approximate surface area is 196 Å². The normalized spacial score (nSPS) is 17.7. The molecule has 3 aromatic rings. The molecule has 9 nitrogen and oxygen atoms in total. The monoisotopic (exact) mass is 486 g/mol. The smallest absolute Gasteiger partial charge is 0.414 e. The van der Waals surface area contributed by atoms with Crippen LogP contribution in [-0.2, 0) is 16.1 Å². The number of para-hydroxylation sites is 1. The van der Waals surface area contributed by atoms with Gasteiger partial charge in [-0.15, -0.1) is 11.8 Å². The molecular weight excluding hydrogens is 468 g/mol. The molecule has 2 aliphatic heterocycles.